The number of nitrogens with two attached hydrogens (primary N) is 1. The van der Waals surface area contributed by atoms with Gasteiger partial charge in [0.1, 0.15) is 5.02 Å². The number of rotatable bonds is 4. The number of nitro benzene ring substituents is 1. The quantitative estimate of drug-likeness (QED) is 0.663. The predicted molar refractivity (Wildman–Crippen MR) is 69.5 cm³/mol. The standard InChI is InChI=1S/C12H17ClN2O2/c1-4-11(14)8(3)9-6-10(13)12(15(16)17)5-7(9)2/h5-6,8,11H,4,14H2,1-3H3. The van der Waals surface area contributed by atoms with Gasteiger partial charge in [0.25, 0.3) is 5.69 Å². The van der Waals surface area contributed by atoms with Gasteiger partial charge in [-0.05, 0) is 36.5 Å². The van der Waals surface area contributed by atoms with Crippen molar-refractivity contribution in [1.82, 2.24) is 0 Å². The molecular formula is C12H17ClN2O2. The third-order valence-electron chi connectivity index (χ3n) is 3.14. The SMILES string of the molecule is CCC(N)C(C)c1cc(Cl)c([N+](=O)[O-])cc1C. The molecule has 4 nitrogen and oxygen atoms in total. The molecule has 0 saturated carbocycles. The number of nitro groups is 1. The zero-order chi connectivity index (χ0) is 13.2. The van der Waals surface area contributed by atoms with Gasteiger partial charge in [-0.1, -0.05) is 25.4 Å². The molecule has 0 aliphatic rings. The first-order valence-electron chi connectivity index (χ1n) is 5.58. The minimum Gasteiger partial charge on any atom is -0.327 e. The molecule has 17 heavy (non-hydrogen) atoms. The summed E-state index contributed by atoms with van der Waals surface area (Å²) >= 11 is 5.91. The van der Waals surface area contributed by atoms with Gasteiger partial charge in [0.15, 0.2) is 0 Å². The fourth-order valence-electron chi connectivity index (χ4n) is 1.90. The molecule has 1 aromatic rings. The van der Waals surface area contributed by atoms with E-state index in [9.17, 15) is 10.1 Å². The van der Waals surface area contributed by atoms with Crippen molar-refractivity contribution >= 4 is 17.3 Å². The highest BCUT2D eigenvalue weighted by atomic mass is 35.5. The van der Waals surface area contributed by atoms with Crippen molar-refractivity contribution in [3.63, 3.8) is 0 Å². The molecule has 0 fully saturated rings. The highest BCUT2D eigenvalue weighted by molar-refractivity contribution is 6.32. The molecule has 0 aliphatic heterocycles. The lowest BCUT2D eigenvalue weighted by Crippen LogP contribution is -2.26. The van der Waals surface area contributed by atoms with Crippen LogP contribution >= 0.6 is 11.6 Å². The van der Waals surface area contributed by atoms with Gasteiger partial charge in [-0.2, -0.15) is 0 Å². The fourth-order valence-corrected chi connectivity index (χ4v) is 2.14. The second kappa shape index (κ2) is 5.47. The van der Waals surface area contributed by atoms with Gasteiger partial charge in [0.2, 0.25) is 0 Å². The van der Waals surface area contributed by atoms with E-state index in [0.717, 1.165) is 17.5 Å². The highest BCUT2D eigenvalue weighted by Gasteiger charge is 2.20. The van der Waals surface area contributed by atoms with Gasteiger partial charge >= 0.3 is 0 Å². The third-order valence-corrected chi connectivity index (χ3v) is 3.44. The van der Waals surface area contributed by atoms with Gasteiger partial charge < -0.3 is 5.73 Å². The van der Waals surface area contributed by atoms with Gasteiger partial charge in [-0.25, -0.2) is 0 Å². The Morgan fingerprint density at radius 1 is 1.53 bits per heavy atom. The Bertz CT molecular complexity index is 435. The molecule has 2 N–H and O–H groups in total. The molecule has 2 atom stereocenters. The van der Waals surface area contributed by atoms with E-state index in [1.165, 1.54) is 6.07 Å². The molecule has 0 spiro atoms. The van der Waals surface area contributed by atoms with E-state index < -0.39 is 4.92 Å². The largest absolute Gasteiger partial charge is 0.327 e. The summed E-state index contributed by atoms with van der Waals surface area (Å²) in [6, 6.07) is 3.21. The Hall–Kier alpha value is -1.13. The summed E-state index contributed by atoms with van der Waals surface area (Å²) in [5.74, 6) is 0.137. The molecule has 1 aromatic carbocycles. The molecule has 94 valence electrons. The van der Waals surface area contributed by atoms with E-state index in [4.69, 9.17) is 17.3 Å². The Balaban J connectivity index is 3.20. The number of halogens is 1. The van der Waals surface area contributed by atoms with Crippen LogP contribution in [0.25, 0.3) is 0 Å². The van der Waals surface area contributed by atoms with Gasteiger partial charge in [-0.3, -0.25) is 10.1 Å². The van der Waals surface area contributed by atoms with E-state index in [2.05, 4.69) is 0 Å². The van der Waals surface area contributed by atoms with Crippen molar-refractivity contribution < 1.29 is 4.92 Å². The van der Waals surface area contributed by atoms with E-state index in [-0.39, 0.29) is 22.7 Å². The summed E-state index contributed by atoms with van der Waals surface area (Å²) in [5.41, 5.74) is 7.78. The number of benzene rings is 1. The van der Waals surface area contributed by atoms with Crippen molar-refractivity contribution in [2.75, 3.05) is 0 Å². The normalized spacial score (nSPS) is 14.4. The molecule has 0 radical (unpaired) electrons. The number of aryl methyl sites for hydroxylation is 1. The molecule has 0 aliphatic carbocycles. The monoisotopic (exact) mass is 256 g/mol. The lowest BCUT2D eigenvalue weighted by Gasteiger charge is -2.20. The van der Waals surface area contributed by atoms with Crippen molar-refractivity contribution in [3.05, 3.63) is 38.4 Å². The Kier molecular flexibility index (Phi) is 4.48. The molecule has 0 amide bonds. The minimum absolute atomic E-state index is 0.0335. The number of nitrogens with zero attached hydrogens (tertiary/aromatic N) is 1. The molecule has 1 rings (SSSR count). The van der Waals surface area contributed by atoms with Crippen LogP contribution < -0.4 is 5.73 Å². The third kappa shape index (κ3) is 2.96. The average Bonchev–Trinajstić information content (AvgIpc) is 2.29. The maximum atomic E-state index is 10.7. The van der Waals surface area contributed by atoms with Gasteiger partial charge in [0, 0.05) is 12.1 Å². The van der Waals surface area contributed by atoms with Crippen LogP contribution in [0.4, 0.5) is 5.69 Å². The highest BCUT2D eigenvalue weighted by Crippen LogP contribution is 2.32. The van der Waals surface area contributed by atoms with Crippen LogP contribution in [-0.2, 0) is 0 Å². The lowest BCUT2D eigenvalue weighted by molar-refractivity contribution is -0.384. The van der Waals surface area contributed by atoms with Crippen molar-refractivity contribution in [1.29, 1.82) is 0 Å². The van der Waals surface area contributed by atoms with E-state index in [0.29, 0.717) is 0 Å². The smallest absolute Gasteiger partial charge is 0.288 e. The molecule has 0 bridgehead atoms. The zero-order valence-electron chi connectivity index (χ0n) is 10.2. The van der Waals surface area contributed by atoms with Crippen LogP contribution in [0.1, 0.15) is 37.3 Å². The van der Waals surface area contributed by atoms with Crippen LogP contribution in [0, 0.1) is 17.0 Å². The van der Waals surface area contributed by atoms with Gasteiger partial charge in [0.05, 0.1) is 4.92 Å². The molecule has 0 heterocycles. The summed E-state index contributed by atoms with van der Waals surface area (Å²) in [6.07, 6.45) is 0.856. The van der Waals surface area contributed by atoms with Crippen LogP contribution in [0.15, 0.2) is 12.1 Å². The van der Waals surface area contributed by atoms with Crippen molar-refractivity contribution in [3.8, 4) is 0 Å². The second-order valence-corrected chi connectivity index (χ2v) is 4.69. The summed E-state index contributed by atoms with van der Waals surface area (Å²) < 4.78 is 0. The molecule has 5 heteroatoms. The summed E-state index contributed by atoms with van der Waals surface area (Å²) in [5, 5.41) is 10.9. The Morgan fingerprint density at radius 2 is 2.12 bits per heavy atom. The predicted octanol–water partition coefficient (Wildman–Crippen LogP) is 3.40. The fraction of sp³-hybridized carbons (Fsp3) is 0.500. The summed E-state index contributed by atoms with van der Waals surface area (Å²) in [4.78, 5) is 10.3. The number of hydrogen-bond acceptors (Lipinski definition) is 3. The molecular weight excluding hydrogens is 240 g/mol. The summed E-state index contributed by atoms with van der Waals surface area (Å²) in [6.45, 7) is 5.87. The minimum atomic E-state index is -0.469. The summed E-state index contributed by atoms with van der Waals surface area (Å²) in [7, 11) is 0. The van der Waals surface area contributed by atoms with Crippen molar-refractivity contribution in [2.24, 2.45) is 5.73 Å². The first kappa shape index (κ1) is 13.9. The molecule has 0 saturated heterocycles. The molecule has 2 unspecified atom stereocenters. The first-order chi connectivity index (χ1) is 7.88. The second-order valence-electron chi connectivity index (χ2n) is 4.28. The van der Waals surface area contributed by atoms with E-state index >= 15 is 0 Å². The van der Waals surface area contributed by atoms with Crippen LogP contribution in [0.3, 0.4) is 0 Å². The maximum Gasteiger partial charge on any atom is 0.288 e. The van der Waals surface area contributed by atoms with E-state index in [1.807, 2.05) is 20.8 Å². The zero-order valence-corrected chi connectivity index (χ0v) is 11.0. The van der Waals surface area contributed by atoms with Crippen LogP contribution in [0.2, 0.25) is 5.02 Å². The Morgan fingerprint density at radius 3 is 2.59 bits per heavy atom. The van der Waals surface area contributed by atoms with Gasteiger partial charge in [-0.15, -0.1) is 0 Å². The first-order valence-corrected chi connectivity index (χ1v) is 5.96. The van der Waals surface area contributed by atoms with Crippen molar-refractivity contribution in [2.45, 2.75) is 39.2 Å². The topological polar surface area (TPSA) is 69.2 Å². The molecule has 0 aromatic heterocycles. The number of hydrogen-bond donors (Lipinski definition) is 1. The Labute approximate surface area is 106 Å². The van der Waals surface area contributed by atoms with Crippen LogP contribution in [-0.4, -0.2) is 11.0 Å². The average molecular weight is 257 g/mol. The van der Waals surface area contributed by atoms with Crippen LogP contribution in [0.5, 0.6) is 0 Å². The lowest BCUT2D eigenvalue weighted by atomic mass is 9.89. The maximum absolute atomic E-state index is 10.7. The van der Waals surface area contributed by atoms with E-state index in [1.54, 1.807) is 6.07 Å².